The molecule has 0 radical (unpaired) electrons. The normalized spacial score (nSPS) is 12.1. The van der Waals surface area contributed by atoms with Gasteiger partial charge in [-0.15, -0.1) is 0 Å². The monoisotopic (exact) mass is 819 g/mol. The lowest BCUT2D eigenvalue weighted by Gasteiger charge is -2.12. The van der Waals surface area contributed by atoms with E-state index in [4.69, 9.17) is 23.8 Å². The van der Waals surface area contributed by atoms with Crippen LogP contribution in [0.3, 0.4) is 0 Å². The first-order chi connectivity index (χ1) is 31.7. The predicted octanol–water partition coefficient (Wildman–Crippen LogP) is 14.9. The molecule has 0 aliphatic heterocycles. The van der Waals surface area contributed by atoms with Crippen LogP contribution >= 0.6 is 0 Å². The van der Waals surface area contributed by atoms with E-state index in [1.165, 1.54) is 10.8 Å². The zero-order chi connectivity index (χ0) is 41.9. The van der Waals surface area contributed by atoms with Crippen LogP contribution in [0.1, 0.15) is 0 Å². The summed E-state index contributed by atoms with van der Waals surface area (Å²) in [6, 6.07) is 67.7. The minimum absolute atomic E-state index is 0.607. The molecule has 0 saturated carbocycles. The second-order valence-electron chi connectivity index (χ2n) is 16.4. The van der Waals surface area contributed by atoms with E-state index in [1.54, 1.807) is 0 Å². The molecule has 7 heteroatoms. The molecule has 0 spiro atoms. The third kappa shape index (κ3) is 5.18. The first-order valence-electron chi connectivity index (χ1n) is 21.4. The lowest BCUT2D eigenvalue weighted by atomic mass is 10.0. The third-order valence-corrected chi connectivity index (χ3v) is 12.8. The average Bonchev–Trinajstić information content (AvgIpc) is 4.10. The van der Waals surface area contributed by atoms with E-state index < -0.39 is 0 Å². The van der Waals surface area contributed by atoms with Crippen molar-refractivity contribution >= 4 is 87.5 Å². The van der Waals surface area contributed by atoms with Crippen LogP contribution in [0.2, 0.25) is 0 Å². The molecule has 14 rings (SSSR count). The van der Waals surface area contributed by atoms with Gasteiger partial charge in [-0.3, -0.25) is 4.57 Å². The summed E-state index contributed by atoms with van der Waals surface area (Å²) in [6.45, 7) is 0. The van der Waals surface area contributed by atoms with Crippen molar-refractivity contribution in [3.8, 4) is 45.4 Å². The Morgan fingerprint density at radius 1 is 0.312 bits per heavy atom. The van der Waals surface area contributed by atoms with E-state index in [0.29, 0.717) is 5.95 Å². The smallest absolute Gasteiger partial charge is 0.235 e. The molecule has 298 valence electrons. The summed E-state index contributed by atoms with van der Waals surface area (Å²) in [7, 11) is 0. The van der Waals surface area contributed by atoms with Crippen LogP contribution in [-0.4, -0.2) is 24.1 Å². The SMILES string of the molecule is c1cc(-c2cccc(-c3ccc4oc5ccccc5c4c3)n2)cc(-n2c3ccccc3c3cc4c5ccccc5n(-c5nccc(-c6ccc7oc8ccccc8c7c6)n5)c4cc32)c1. The molecular formula is C57H33N5O2. The molecule has 0 aliphatic rings. The van der Waals surface area contributed by atoms with Crippen LogP contribution in [-0.2, 0) is 0 Å². The lowest BCUT2D eigenvalue weighted by molar-refractivity contribution is 0.668. The van der Waals surface area contributed by atoms with Gasteiger partial charge in [0.05, 0.1) is 39.1 Å². The van der Waals surface area contributed by atoms with Gasteiger partial charge in [-0.25, -0.2) is 15.0 Å². The van der Waals surface area contributed by atoms with Gasteiger partial charge in [-0.1, -0.05) is 91.0 Å². The Labute approximate surface area is 364 Å². The molecule has 0 amide bonds. The number of fused-ring (bicyclic) bond motifs is 12. The number of hydrogen-bond acceptors (Lipinski definition) is 5. The molecule has 8 aromatic carbocycles. The Hall–Kier alpha value is -8.81. The van der Waals surface area contributed by atoms with Crippen molar-refractivity contribution in [3.63, 3.8) is 0 Å². The molecule has 0 N–H and O–H groups in total. The summed E-state index contributed by atoms with van der Waals surface area (Å²) in [6.07, 6.45) is 1.86. The zero-order valence-corrected chi connectivity index (χ0v) is 34.1. The van der Waals surface area contributed by atoms with Crippen LogP contribution in [0.15, 0.2) is 209 Å². The fraction of sp³-hybridized carbons (Fsp3) is 0. The second-order valence-corrected chi connectivity index (χ2v) is 16.4. The highest BCUT2D eigenvalue weighted by Gasteiger charge is 2.21. The summed E-state index contributed by atoms with van der Waals surface area (Å²) >= 11 is 0. The maximum Gasteiger partial charge on any atom is 0.235 e. The average molecular weight is 820 g/mol. The minimum atomic E-state index is 0.607. The molecule has 64 heavy (non-hydrogen) atoms. The number of rotatable bonds is 5. The number of furan rings is 2. The molecule has 0 unspecified atom stereocenters. The Kier molecular flexibility index (Phi) is 7.27. The summed E-state index contributed by atoms with van der Waals surface area (Å²) in [5.41, 5.74) is 14.5. The van der Waals surface area contributed by atoms with Crippen molar-refractivity contribution in [2.45, 2.75) is 0 Å². The van der Waals surface area contributed by atoms with Crippen molar-refractivity contribution in [3.05, 3.63) is 200 Å². The number of hydrogen-bond donors (Lipinski definition) is 0. The first-order valence-corrected chi connectivity index (χ1v) is 21.4. The number of aromatic nitrogens is 5. The van der Waals surface area contributed by atoms with E-state index in [2.05, 4.69) is 155 Å². The van der Waals surface area contributed by atoms with Crippen molar-refractivity contribution in [1.29, 1.82) is 0 Å². The summed E-state index contributed by atoms with van der Waals surface area (Å²) < 4.78 is 16.8. The fourth-order valence-corrected chi connectivity index (χ4v) is 9.87. The van der Waals surface area contributed by atoms with Gasteiger partial charge in [-0.2, -0.15) is 0 Å². The number of nitrogens with zero attached hydrogens (tertiary/aromatic N) is 5. The second kappa shape index (κ2) is 13.3. The third-order valence-electron chi connectivity index (χ3n) is 12.8. The molecule has 0 atom stereocenters. The summed E-state index contributed by atoms with van der Waals surface area (Å²) in [4.78, 5) is 15.4. The van der Waals surface area contributed by atoms with Gasteiger partial charge in [0.25, 0.3) is 0 Å². The minimum Gasteiger partial charge on any atom is -0.456 e. The van der Waals surface area contributed by atoms with Crippen LogP contribution in [0.5, 0.6) is 0 Å². The maximum atomic E-state index is 6.15. The Balaban J connectivity index is 0.923. The molecule has 0 bridgehead atoms. The van der Waals surface area contributed by atoms with Crippen LogP contribution in [0, 0.1) is 0 Å². The van der Waals surface area contributed by atoms with Crippen LogP contribution in [0.4, 0.5) is 0 Å². The van der Waals surface area contributed by atoms with Crippen molar-refractivity contribution in [1.82, 2.24) is 24.1 Å². The van der Waals surface area contributed by atoms with Crippen LogP contribution < -0.4 is 0 Å². The zero-order valence-electron chi connectivity index (χ0n) is 34.1. The van der Waals surface area contributed by atoms with E-state index >= 15 is 0 Å². The summed E-state index contributed by atoms with van der Waals surface area (Å²) in [5.74, 6) is 0.607. The lowest BCUT2D eigenvalue weighted by Crippen LogP contribution is -2.02. The summed E-state index contributed by atoms with van der Waals surface area (Å²) in [5, 5.41) is 8.98. The number of benzene rings is 8. The largest absolute Gasteiger partial charge is 0.456 e. The fourth-order valence-electron chi connectivity index (χ4n) is 9.87. The highest BCUT2D eigenvalue weighted by Crippen LogP contribution is 2.41. The molecule has 6 heterocycles. The molecule has 6 aromatic heterocycles. The molecule has 7 nitrogen and oxygen atoms in total. The van der Waals surface area contributed by atoms with E-state index in [-0.39, 0.29) is 0 Å². The molecule has 0 aliphatic carbocycles. The Bertz CT molecular complexity index is 4220. The van der Waals surface area contributed by atoms with E-state index in [9.17, 15) is 0 Å². The molecule has 0 saturated heterocycles. The van der Waals surface area contributed by atoms with Crippen LogP contribution in [0.25, 0.3) is 133 Å². The highest BCUT2D eigenvalue weighted by atomic mass is 16.3. The van der Waals surface area contributed by atoms with Crippen molar-refractivity contribution < 1.29 is 8.83 Å². The Morgan fingerprint density at radius 3 is 1.48 bits per heavy atom. The molecular weight excluding hydrogens is 787 g/mol. The van der Waals surface area contributed by atoms with E-state index in [0.717, 1.165) is 116 Å². The first kappa shape index (κ1) is 34.9. The highest BCUT2D eigenvalue weighted by molar-refractivity contribution is 6.19. The topological polar surface area (TPSA) is 74.8 Å². The van der Waals surface area contributed by atoms with Gasteiger partial charge in [0, 0.05) is 71.7 Å². The Morgan fingerprint density at radius 2 is 0.828 bits per heavy atom. The van der Waals surface area contributed by atoms with Crippen molar-refractivity contribution in [2.75, 3.05) is 0 Å². The van der Waals surface area contributed by atoms with Gasteiger partial charge in [0.2, 0.25) is 5.95 Å². The van der Waals surface area contributed by atoms with Gasteiger partial charge in [0.15, 0.2) is 0 Å². The van der Waals surface area contributed by atoms with Gasteiger partial charge in [-0.05, 0) is 103 Å². The quantitative estimate of drug-likeness (QED) is 0.173. The van der Waals surface area contributed by atoms with Gasteiger partial charge in [0.1, 0.15) is 22.3 Å². The molecule has 0 fully saturated rings. The number of para-hydroxylation sites is 4. The maximum absolute atomic E-state index is 6.15. The molecule has 14 aromatic rings. The van der Waals surface area contributed by atoms with Gasteiger partial charge >= 0.3 is 0 Å². The predicted molar refractivity (Wildman–Crippen MR) is 259 cm³/mol. The standard InChI is InChI=1S/C57H33N5O2/c1-5-19-49-38(13-1)42-32-43-39-14-2-6-20-50(39)62(57-58-28-27-48(60-57)36-24-26-56-45(31-36)41-16-4-8-22-54(41)64-56)52(43)33-51(42)61(49)37-12-9-11-34(29-37)46-17-10-18-47(59-46)35-23-25-55-44(30-35)40-15-3-7-21-53(40)63-55/h1-33H. The van der Waals surface area contributed by atoms with E-state index in [1.807, 2.05) is 54.7 Å². The van der Waals surface area contributed by atoms with Crippen molar-refractivity contribution in [2.24, 2.45) is 0 Å². The van der Waals surface area contributed by atoms with Gasteiger partial charge < -0.3 is 13.4 Å². The number of pyridine rings is 1.